The summed E-state index contributed by atoms with van der Waals surface area (Å²) in [6.45, 7) is 2.36. The summed E-state index contributed by atoms with van der Waals surface area (Å²) < 4.78 is 4.60. The van der Waals surface area contributed by atoms with Crippen LogP contribution in [0.15, 0.2) is 24.3 Å². The van der Waals surface area contributed by atoms with Gasteiger partial charge in [0.25, 0.3) is 0 Å². The van der Waals surface area contributed by atoms with Crippen molar-refractivity contribution in [3.63, 3.8) is 0 Å². The van der Waals surface area contributed by atoms with Gasteiger partial charge in [0.1, 0.15) is 0 Å². The van der Waals surface area contributed by atoms with Crippen LogP contribution in [-0.2, 0) is 23.0 Å². The van der Waals surface area contributed by atoms with Gasteiger partial charge >= 0.3 is 29.6 Å². The number of nitrogens with two attached hydrogens (primary N) is 1. The number of rotatable bonds is 7. The fourth-order valence-electron chi connectivity index (χ4n) is 2.23. The monoisotopic (exact) mass is 366 g/mol. The molecule has 1 atom stereocenters. The molecular formula is C13H20N4NaO3PS. The molecule has 2 aliphatic rings. The van der Waals surface area contributed by atoms with Gasteiger partial charge in [0.05, 0.1) is 5.97 Å². The van der Waals surface area contributed by atoms with E-state index in [1.807, 2.05) is 24.3 Å². The van der Waals surface area contributed by atoms with E-state index in [1.54, 1.807) is 0 Å². The number of carbonyl (C=O) groups excluding carboxylic acids is 1. The first-order valence-electron chi connectivity index (χ1n) is 6.93. The molecule has 0 amide bonds. The van der Waals surface area contributed by atoms with Gasteiger partial charge in [0.2, 0.25) is 0 Å². The molecule has 7 nitrogen and oxygen atoms in total. The Morgan fingerprint density at radius 1 is 1.35 bits per heavy atom. The third-order valence-corrected chi connectivity index (χ3v) is 8.12. The fraction of sp³-hybridized carbons (Fsp3) is 0.462. The van der Waals surface area contributed by atoms with Crippen molar-refractivity contribution in [1.29, 1.82) is 0 Å². The Balaban J connectivity index is 0.00000132. The fourth-order valence-corrected chi connectivity index (χ4v) is 5.90. The minimum Gasteiger partial charge on any atom is -0.548 e. The van der Waals surface area contributed by atoms with Crippen molar-refractivity contribution in [2.75, 3.05) is 31.3 Å². The number of carboxylic acids is 1. The molecule has 5 N–H and O–H groups in total. The number of benzene rings is 1. The quantitative estimate of drug-likeness (QED) is 0.285. The molecule has 0 aromatic heterocycles. The number of carbonyl (C=O) groups is 1. The van der Waals surface area contributed by atoms with Crippen LogP contribution in [0.4, 0.5) is 5.69 Å². The van der Waals surface area contributed by atoms with E-state index in [0.29, 0.717) is 0 Å². The normalized spacial score (nSPS) is 18.3. The van der Waals surface area contributed by atoms with E-state index in [-0.39, 0.29) is 41.5 Å². The second-order valence-electron chi connectivity index (χ2n) is 5.39. The zero-order chi connectivity index (χ0) is 15.0. The number of aliphatic carboxylic acids is 1. The van der Waals surface area contributed by atoms with Crippen LogP contribution < -0.4 is 45.5 Å². The molecule has 3 rings (SSSR count). The zero-order valence-electron chi connectivity index (χ0n) is 13.1. The van der Waals surface area contributed by atoms with Crippen molar-refractivity contribution in [3.8, 4) is 0 Å². The van der Waals surface area contributed by atoms with Gasteiger partial charge in [-0.1, -0.05) is 12.1 Å². The molecule has 0 spiro atoms. The summed E-state index contributed by atoms with van der Waals surface area (Å²) in [5.74, 6) is -1.23. The predicted molar refractivity (Wildman–Crippen MR) is 87.8 cm³/mol. The Hall–Kier alpha value is -0.0200. The van der Waals surface area contributed by atoms with Crippen molar-refractivity contribution >= 4 is 30.0 Å². The summed E-state index contributed by atoms with van der Waals surface area (Å²) in [5.41, 5.74) is 7.33. The first-order valence-corrected chi connectivity index (χ1v) is 9.64. The van der Waals surface area contributed by atoms with Crippen molar-refractivity contribution in [3.05, 3.63) is 29.8 Å². The van der Waals surface area contributed by atoms with E-state index in [0.717, 1.165) is 37.4 Å². The second-order valence-corrected chi connectivity index (χ2v) is 9.36. The molecule has 0 saturated carbocycles. The molecule has 1 aromatic carbocycles. The minimum absolute atomic E-state index is 0. The van der Waals surface area contributed by atoms with Crippen molar-refractivity contribution in [2.45, 2.75) is 12.5 Å². The summed E-state index contributed by atoms with van der Waals surface area (Å²) in [7, 11) is 0. The van der Waals surface area contributed by atoms with E-state index < -0.39 is 18.5 Å². The maximum Gasteiger partial charge on any atom is 1.00 e. The zero-order valence-corrected chi connectivity index (χ0v) is 16.8. The van der Waals surface area contributed by atoms with Crippen LogP contribution in [0, 0.1) is 0 Å². The van der Waals surface area contributed by atoms with E-state index in [4.69, 9.17) is 17.5 Å². The third-order valence-electron chi connectivity index (χ3n) is 3.57. The maximum atomic E-state index is 10.7. The standard InChI is InChI=1S/C13H19N4O2PS.Na.H2O/c14-12(13(18)19)9-10-2-1-3-11(8-10)15-20(21,16-4-5-16)17-6-7-17;;/h1-3,8,12H,4-7,9,14H2,(H,15,21)(H,18,19);;1H2/q;+1;/p-1. The van der Waals surface area contributed by atoms with Crippen LogP contribution in [0.1, 0.15) is 5.56 Å². The van der Waals surface area contributed by atoms with Gasteiger partial charge in [0, 0.05) is 37.9 Å². The largest absolute Gasteiger partial charge is 1.00 e. The van der Waals surface area contributed by atoms with Gasteiger partial charge in [-0.25, -0.2) is 9.34 Å². The maximum absolute atomic E-state index is 10.7. The van der Waals surface area contributed by atoms with E-state index in [1.165, 1.54) is 0 Å². The second kappa shape index (κ2) is 8.38. The minimum atomic E-state index is -1.85. The Kier molecular flexibility index (Phi) is 7.66. The van der Waals surface area contributed by atoms with Crippen molar-refractivity contribution in [1.82, 2.24) is 9.34 Å². The molecule has 2 heterocycles. The van der Waals surface area contributed by atoms with Gasteiger partial charge in [-0.3, -0.25) is 0 Å². The third kappa shape index (κ3) is 5.22. The van der Waals surface area contributed by atoms with E-state index in [9.17, 15) is 9.90 Å². The summed E-state index contributed by atoms with van der Waals surface area (Å²) in [4.78, 5) is 10.7. The number of nitrogens with one attached hydrogen (secondary N) is 1. The molecule has 0 bridgehead atoms. The SMILES string of the molecule is NC(Cc1cccc(NP(=S)(N2CC2)N2CC2)c1)C(=O)[O-].O.[Na+]. The topological polar surface area (TPSA) is 116 Å². The van der Waals surface area contributed by atoms with E-state index in [2.05, 4.69) is 14.4 Å². The molecule has 0 aliphatic carbocycles. The van der Waals surface area contributed by atoms with Gasteiger partial charge in [-0.05, 0) is 35.9 Å². The molecular weight excluding hydrogens is 346 g/mol. The number of nitrogens with zero attached hydrogens (tertiary/aromatic N) is 2. The van der Waals surface area contributed by atoms with Crippen molar-refractivity contribution in [2.24, 2.45) is 5.73 Å². The van der Waals surface area contributed by atoms with Crippen LogP contribution in [0.2, 0.25) is 0 Å². The van der Waals surface area contributed by atoms with Crippen LogP contribution >= 0.6 is 6.49 Å². The van der Waals surface area contributed by atoms with Crippen molar-refractivity contribution < 1.29 is 44.9 Å². The Morgan fingerprint density at radius 3 is 2.39 bits per heavy atom. The first-order chi connectivity index (χ1) is 9.99. The molecule has 23 heavy (non-hydrogen) atoms. The summed E-state index contributed by atoms with van der Waals surface area (Å²) in [5, 5.41) is 14.2. The molecule has 2 aliphatic heterocycles. The van der Waals surface area contributed by atoms with E-state index >= 15 is 0 Å². The van der Waals surface area contributed by atoms with Crippen LogP contribution in [-0.4, -0.2) is 53.0 Å². The molecule has 0 radical (unpaired) electrons. The Bertz CT molecular complexity index is 597. The Labute approximate surface area is 163 Å². The summed E-state index contributed by atoms with van der Waals surface area (Å²) in [6.07, 6.45) is 0.258. The molecule has 122 valence electrons. The van der Waals surface area contributed by atoms with Gasteiger partial charge in [-0.2, -0.15) is 0 Å². The summed E-state index contributed by atoms with van der Waals surface area (Å²) in [6, 6.07) is 6.66. The number of hydrogen-bond donors (Lipinski definition) is 2. The Morgan fingerprint density at radius 2 is 1.91 bits per heavy atom. The van der Waals surface area contributed by atoms with Crippen LogP contribution in [0.5, 0.6) is 0 Å². The first kappa shape index (κ1) is 21.0. The average Bonchev–Trinajstić information content (AvgIpc) is 3.30. The molecule has 10 heteroatoms. The number of hydrogen-bond acceptors (Lipinski definition) is 4. The number of anilines is 1. The van der Waals surface area contributed by atoms with Crippen LogP contribution in [0.25, 0.3) is 0 Å². The van der Waals surface area contributed by atoms with Gasteiger partial charge in [0.15, 0.2) is 6.49 Å². The van der Waals surface area contributed by atoms with Gasteiger partial charge < -0.3 is 26.2 Å². The molecule has 2 fully saturated rings. The summed E-state index contributed by atoms with van der Waals surface area (Å²) >= 11 is 5.85. The van der Waals surface area contributed by atoms with Gasteiger partial charge in [-0.15, -0.1) is 0 Å². The van der Waals surface area contributed by atoms with Crippen LogP contribution in [0.3, 0.4) is 0 Å². The number of carboxylic acid groups (broad SMARTS) is 1. The predicted octanol–water partition coefficient (Wildman–Crippen LogP) is -4.25. The molecule has 1 unspecified atom stereocenters. The average molecular weight is 366 g/mol. The smallest absolute Gasteiger partial charge is 0.548 e. The molecule has 2 saturated heterocycles. The molecule has 1 aromatic rings.